The van der Waals surface area contributed by atoms with E-state index >= 15 is 0 Å². The summed E-state index contributed by atoms with van der Waals surface area (Å²) in [6, 6.07) is 1.56. The number of amides is 1. The Hall–Kier alpha value is -2.29. The molecule has 1 N–H and O–H groups in total. The van der Waals surface area contributed by atoms with Gasteiger partial charge in [-0.3, -0.25) is 14.4 Å². The van der Waals surface area contributed by atoms with Crippen molar-refractivity contribution in [1.82, 2.24) is 19.6 Å². The Kier molecular flexibility index (Phi) is 7.86. The predicted octanol–water partition coefficient (Wildman–Crippen LogP) is 1.18. The molecule has 1 amide bonds. The highest BCUT2D eigenvalue weighted by Crippen LogP contribution is 2.30. The number of hydrogen-bond donors (Lipinski definition) is 1. The normalized spacial score (nSPS) is 20.6. The molecule has 0 saturated carbocycles. The molecule has 1 aromatic rings. The van der Waals surface area contributed by atoms with Crippen molar-refractivity contribution >= 4 is 21.7 Å². The van der Waals surface area contributed by atoms with E-state index in [4.69, 9.17) is 9.90 Å². The summed E-state index contributed by atoms with van der Waals surface area (Å²) in [6.07, 6.45) is -3.36. The van der Waals surface area contributed by atoms with Gasteiger partial charge in [0.1, 0.15) is 0 Å². The van der Waals surface area contributed by atoms with Gasteiger partial charge in [-0.15, -0.1) is 0 Å². The molecule has 0 aliphatic carbocycles. The lowest BCUT2D eigenvalue weighted by molar-refractivity contribution is -0.192. The van der Waals surface area contributed by atoms with Crippen LogP contribution in [0.15, 0.2) is 12.3 Å². The van der Waals surface area contributed by atoms with E-state index in [1.54, 1.807) is 17.8 Å². The second-order valence-corrected chi connectivity index (χ2v) is 9.98. The molecule has 9 nitrogen and oxygen atoms in total. The number of hydrogen-bond acceptors (Lipinski definition) is 6. The Balaban J connectivity index is 0.000000451. The number of carbonyl (C=O) groups is 2. The van der Waals surface area contributed by atoms with Crippen molar-refractivity contribution in [3.8, 4) is 0 Å². The Morgan fingerprint density at radius 2 is 1.88 bits per heavy atom. The molecule has 3 heterocycles. The van der Waals surface area contributed by atoms with Gasteiger partial charge in [0.2, 0.25) is 5.91 Å². The third kappa shape index (κ3) is 7.12. The first-order valence-electron chi connectivity index (χ1n) is 9.54. The zero-order valence-corrected chi connectivity index (χ0v) is 17.9. The van der Waals surface area contributed by atoms with E-state index in [0.29, 0.717) is 19.6 Å². The third-order valence-electron chi connectivity index (χ3n) is 4.96. The first-order chi connectivity index (χ1) is 14.6. The highest BCUT2D eigenvalue weighted by Gasteiger charge is 2.46. The van der Waals surface area contributed by atoms with Crippen molar-refractivity contribution < 1.29 is 45.1 Å². The monoisotopic (exact) mass is 490 g/mol. The topological polar surface area (TPSA) is 113 Å². The molecule has 1 saturated heterocycles. The smallest absolute Gasteiger partial charge is 0.475 e. The number of carboxylic acid groups (broad SMARTS) is 1. The Morgan fingerprint density at radius 3 is 2.38 bits per heavy atom. The minimum Gasteiger partial charge on any atom is -0.475 e. The van der Waals surface area contributed by atoms with Gasteiger partial charge in [0.25, 0.3) is 5.92 Å². The number of halogens is 5. The molecular weight excluding hydrogens is 467 g/mol. The van der Waals surface area contributed by atoms with Crippen LogP contribution >= 0.6 is 0 Å². The first kappa shape index (κ1) is 26.0. The van der Waals surface area contributed by atoms with E-state index in [9.17, 15) is 35.2 Å². The van der Waals surface area contributed by atoms with Gasteiger partial charge in [-0.2, -0.15) is 18.3 Å². The molecule has 1 fully saturated rings. The number of aliphatic carboxylic acids is 1. The molecule has 182 valence electrons. The van der Waals surface area contributed by atoms with Crippen LogP contribution in [-0.4, -0.2) is 94.8 Å². The van der Waals surface area contributed by atoms with Gasteiger partial charge in [0, 0.05) is 31.6 Å². The van der Waals surface area contributed by atoms with Gasteiger partial charge in [-0.1, -0.05) is 6.92 Å². The summed E-state index contributed by atoms with van der Waals surface area (Å²) in [5.41, 5.74) is 0.895. The van der Waals surface area contributed by atoms with E-state index in [0.717, 1.165) is 10.6 Å². The average Bonchev–Trinajstić information content (AvgIpc) is 3.13. The van der Waals surface area contributed by atoms with Crippen LogP contribution in [0.1, 0.15) is 25.1 Å². The molecule has 2 aliphatic heterocycles. The minimum atomic E-state index is -5.08. The lowest BCUT2D eigenvalue weighted by Crippen LogP contribution is -2.58. The second kappa shape index (κ2) is 9.68. The fourth-order valence-electron chi connectivity index (χ4n) is 3.22. The summed E-state index contributed by atoms with van der Waals surface area (Å²) in [6.45, 7) is 1.99. The second-order valence-electron chi connectivity index (χ2n) is 7.51. The predicted molar refractivity (Wildman–Crippen MR) is 101 cm³/mol. The molecule has 0 spiro atoms. The summed E-state index contributed by atoms with van der Waals surface area (Å²) < 4.78 is 82.8. The van der Waals surface area contributed by atoms with Crippen LogP contribution in [0.2, 0.25) is 0 Å². The highest BCUT2D eigenvalue weighted by atomic mass is 32.2. The summed E-state index contributed by atoms with van der Waals surface area (Å²) in [5, 5.41) is 11.4. The summed E-state index contributed by atoms with van der Waals surface area (Å²) in [5.74, 6) is -5.69. The molecule has 32 heavy (non-hydrogen) atoms. The van der Waals surface area contributed by atoms with Crippen molar-refractivity contribution in [2.75, 3.05) is 37.7 Å². The number of rotatable bonds is 6. The molecular formula is C17H23F5N4O5S. The van der Waals surface area contributed by atoms with Crippen LogP contribution < -0.4 is 0 Å². The fourth-order valence-corrected chi connectivity index (χ4v) is 4.04. The molecule has 15 heteroatoms. The van der Waals surface area contributed by atoms with E-state index in [1.807, 2.05) is 11.0 Å². The van der Waals surface area contributed by atoms with E-state index in [2.05, 4.69) is 5.10 Å². The van der Waals surface area contributed by atoms with Crippen LogP contribution in [0, 0.1) is 0 Å². The van der Waals surface area contributed by atoms with Crippen molar-refractivity contribution in [3.05, 3.63) is 18.0 Å². The maximum Gasteiger partial charge on any atom is 0.490 e. The summed E-state index contributed by atoms with van der Waals surface area (Å²) in [7, 11) is -3.07. The van der Waals surface area contributed by atoms with Crippen LogP contribution in [0.3, 0.4) is 0 Å². The van der Waals surface area contributed by atoms with Crippen molar-refractivity contribution in [1.29, 1.82) is 0 Å². The van der Waals surface area contributed by atoms with Crippen molar-refractivity contribution in [3.63, 3.8) is 0 Å². The highest BCUT2D eigenvalue weighted by molar-refractivity contribution is 7.91. The van der Waals surface area contributed by atoms with Gasteiger partial charge >= 0.3 is 12.1 Å². The van der Waals surface area contributed by atoms with Gasteiger partial charge in [0.05, 0.1) is 37.0 Å². The molecule has 1 aromatic heterocycles. The van der Waals surface area contributed by atoms with E-state index in [-0.39, 0.29) is 29.9 Å². The Bertz CT molecular complexity index is 926. The van der Waals surface area contributed by atoms with Gasteiger partial charge in [-0.25, -0.2) is 22.0 Å². The lowest BCUT2D eigenvalue weighted by atomic mass is 10.1. The number of carboxylic acids is 1. The molecule has 0 aromatic carbocycles. The van der Waals surface area contributed by atoms with Gasteiger partial charge in [-0.05, 0) is 6.07 Å². The molecule has 2 aliphatic rings. The maximum atomic E-state index is 12.9. The quantitative estimate of drug-likeness (QED) is 0.596. The van der Waals surface area contributed by atoms with Crippen LogP contribution in [0.4, 0.5) is 22.0 Å². The number of sulfone groups is 1. The third-order valence-corrected chi connectivity index (χ3v) is 6.65. The molecule has 0 bridgehead atoms. The Morgan fingerprint density at radius 1 is 1.28 bits per heavy atom. The first-order valence-corrected chi connectivity index (χ1v) is 11.4. The number of alkyl halides is 5. The van der Waals surface area contributed by atoms with E-state index < -0.39 is 41.0 Å². The number of nitrogens with zero attached hydrogens (tertiary/aromatic N) is 4. The fraction of sp³-hybridized carbons (Fsp3) is 0.706. The molecule has 1 atom stereocenters. The van der Waals surface area contributed by atoms with Crippen LogP contribution in [-0.2, 0) is 26.0 Å². The van der Waals surface area contributed by atoms with Crippen molar-refractivity contribution in [2.45, 2.75) is 38.0 Å². The number of carbonyl (C=O) groups excluding carboxylic acids is 1. The van der Waals surface area contributed by atoms with Gasteiger partial charge < -0.3 is 10.0 Å². The number of fused-ring (bicyclic) bond motifs is 1. The largest absolute Gasteiger partial charge is 0.490 e. The number of aromatic nitrogens is 2. The molecule has 1 unspecified atom stereocenters. The standard InChI is InChI=1S/C15H22F2N4O3S.C2HF3O2/c1-2-25(23,24)6-5-19-8-12-3-4-18-21(12)13(9-19)7-14(22)20-10-15(16,17)11-20;3-2(4,5)1(6)7/h3-4,13H,2,5-11H2,1H3;(H,6,7). The number of likely N-dealkylation sites (tertiary alicyclic amines) is 1. The molecule has 0 radical (unpaired) electrons. The summed E-state index contributed by atoms with van der Waals surface area (Å²) in [4.78, 5) is 24.3. The zero-order valence-electron chi connectivity index (χ0n) is 17.1. The lowest BCUT2D eigenvalue weighted by Gasteiger charge is -2.40. The minimum absolute atomic E-state index is 0.0661. The summed E-state index contributed by atoms with van der Waals surface area (Å²) >= 11 is 0. The van der Waals surface area contributed by atoms with Crippen LogP contribution in [0.25, 0.3) is 0 Å². The van der Waals surface area contributed by atoms with Crippen LogP contribution in [0.5, 0.6) is 0 Å². The van der Waals surface area contributed by atoms with Gasteiger partial charge in [0.15, 0.2) is 9.84 Å². The SMILES string of the molecule is CCS(=O)(=O)CCN1Cc2ccnn2C(CC(=O)N2CC(F)(F)C2)C1.O=C(O)C(F)(F)F. The Labute approximate surface area is 180 Å². The maximum absolute atomic E-state index is 12.9. The zero-order chi connectivity index (χ0) is 24.3. The van der Waals surface area contributed by atoms with Crippen molar-refractivity contribution in [2.24, 2.45) is 0 Å². The molecule has 3 rings (SSSR count). The average molecular weight is 490 g/mol. The van der Waals surface area contributed by atoms with E-state index in [1.165, 1.54) is 0 Å².